The topological polar surface area (TPSA) is 31.2 Å². The largest absolute Gasteiger partial charge is 0.336 e. The molecule has 4 heteroatoms. The number of aromatic nitrogens is 1. The molecule has 146 valence electrons. The van der Waals surface area contributed by atoms with Crippen LogP contribution >= 0.6 is 12.2 Å². The first kappa shape index (κ1) is 21.1. The molecule has 26 heavy (non-hydrogen) atoms. The van der Waals surface area contributed by atoms with Gasteiger partial charge in [0, 0.05) is 6.20 Å². The molecule has 1 saturated carbocycles. The van der Waals surface area contributed by atoms with Gasteiger partial charge in [-0.2, -0.15) is 4.73 Å². The maximum absolute atomic E-state index is 12.7. The van der Waals surface area contributed by atoms with Crippen molar-refractivity contribution in [2.75, 3.05) is 0 Å². The van der Waals surface area contributed by atoms with Crippen molar-refractivity contribution in [3.8, 4) is 0 Å². The van der Waals surface area contributed by atoms with Crippen molar-refractivity contribution in [2.45, 2.75) is 90.4 Å². The number of carbonyl (C=O) groups excluding carboxylic acids is 1. The summed E-state index contributed by atoms with van der Waals surface area (Å²) in [5, 5.41) is 0. The van der Waals surface area contributed by atoms with E-state index in [1.807, 2.05) is 12.1 Å². The van der Waals surface area contributed by atoms with E-state index < -0.39 is 0 Å². The fourth-order valence-corrected chi connectivity index (χ4v) is 3.89. The van der Waals surface area contributed by atoms with Crippen LogP contribution in [-0.2, 0) is 4.79 Å². The van der Waals surface area contributed by atoms with Gasteiger partial charge in [-0.15, -0.1) is 0 Å². The molecular formula is C22H35NO2S. The summed E-state index contributed by atoms with van der Waals surface area (Å²) in [6.45, 7) is 2.26. The summed E-state index contributed by atoms with van der Waals surface area (Å²) < 4.78 is 1.97. The summed E-state index contributed by atoms with van der Waals surface area (Å²) in [6.07, 6.45) is 18.0. The maximum atomic E-state index is 12.7. The summed E-state index contributed by atoms with van der Waals surface area (Å²) in [6, 6.07) is 5.47. The Hall–Kier alpha value is -1.16. The minimum atomic E-state index is -0.100. The maximum Gasteiger partial charge on any atom is 0.336 e. The van der Waals surface area contributed by atoms with Gasteiger partial charge in [-0.25, -0.2) is 4.79 Å². The van der Waals surface area contributed by atoms with Gasteiger partial charge in [-0.05, 0) is 37.3 Å². The van der Waals surface area contributed by atoms with E-state index in [9.17, 15) is 4.79 Å². The number of nitrogens with zero attached hydrogens (tertiary/aromatic N) is 1. The van der Waals surface area contributed by atoms with Gasteiger partial charge in [-0.3, -0.25) is 0 Å². The molecule has 0 bridgehead atoms. The molecule has 1 aromatic heterocycles. The Morgan fingerprint density at radius 2 is 1.77 bits per heavy atom. The monoisotopic (exact) mass is 377 g/mol. The number of rotatable bonds is 13. The Kier molecular flexibility index (Phi) is 9.98. The molecule has 0 amide bonds. The van der Waals surface area contributed by atoms with Crippen LogP contribution in [0.3, 0.4) is 0 Å². The minimum Gasteiger partial charge on any atom is -0.335 e. The van der Waals surface area contributed by atoms with Gasteiger partial charge in [0.2, 0.25) is 0 Å². The van der Waals surface area contributed by atoms with Crippen molar-refractivity contribution in [1.82, 2.24) is 4.73 Å². The molecule has 3 nitrogen and oxygen atoms in total. The van der Waals surface area contributed by atoms with Gasteiger partial charge in [0.1, 0.15) is 4.64 Å². The molecule has 1 aliphatic carbocycles. The van der Waals surface area contributed by atoms with Crippen LogP contribution in [0.4, 0.5) is 0 Å². The lowest BCUT2D eigenvalue weighted by Crippen LogP contribution is -2.35. The molecule has 1 aliphatic rings. The molecule has 0 saturated heterocycles. The number of carbonyl (C=O) groups is 1. The highest BCUT2D eigenvalue weighted by Crippen LogP contribution is 2.36. The van der Waals surface area contributed by atoms with Crippen molar-refractivity contribution in [1.29, 1.82) is 0 Å². The average Bonchev–Trinajstić information content (AvgIpc) is 2.59. The molecule has 1 atom stereocenters. The Labute approximate surface area is 164 Å². The first-order chi connectivity index (χ1) is 12.7. The molecule has 0 aromatic carbocycles. The minimum absolute atomic E-state index is 0.0374. The molecular weight excluding hydrogens is 342 g/mol. The van der Waals surface area contributed by atoms with E-state index in [0.717, 1.165) is 25.7 Å². The third-order valence-electron chi connectivity index (χ3n) is 5.62. The van der Waals surface area contributed by atoms with Crippen LogP contribution in [0.5, 0.6) is 0 Å². The van der Waals surface area contributed by atoms with Crippen molar-refractivity contribution in [3.63, 3.8) is 0 Å². The quantitative estimate of drug-likeness (QED) is 0.290. The van der Waals surface area contributed by atoms with E-state index in [4.69, 9.17) is 17.1 Å². The van der Waals surface area contributed by atoms with Gasteiger partial charge >= 0.3 is 5.97 Å². The van der Waals surface area contributed by atoms with Gasteiger partial charge in [-0.1, -0.05) is 89.4 Å². The van der Waals surface area contributed by atoms with E-state index in [1.165, 1.54) is 62.5 Å². The van der Waals surface area contributed by atoms with E-state index in [2.05, 4.69) is 6.92 Å². The molecule has 0 radical (unpaired) electrons. The summed E-state index contributed by atoms with van der Waals surface area (Å²) in [7, 11) is 0. The number of pyridine rings is 1. The van der Waals surface area contributed by atoms with E-state index in [-0.39, 0.29) is 11.9 Å². The molecule has 1 heterocycles. The summed E-state index contributed by atoms with van der Waals surface area (Å²) in [4.78, 5) is 18.2. The van der Waals surface area contributed by atoms with Crippen LogP contribution in [0, 0.1) is 16.5 Å². The Morgan fingerprint density at radius 3 is 2.35 bits per heavy atom. The smallest absolute Gasteiger partial charge is 0.335 e. The van der Waals surface area contributed by atoms with Gasteiger partial charge in [0.05, 0.1) is 5.92 Å². The van der Waals surface area contributed by atoms with Crippen LogP contribution in [0.2, 0.25) is 0 Å². The Bertz CT molecular complexity index is 580. The van der Waals surface area contributed by atoms with Crippen molar-refractivity contribution in [3.05, 3.63) is 29.0 Å². The summed E-state index contributed by atoms with van der Waals surface area (Å²) in [5.41, 5.74) is 0. The lowest BCUT2D eigenvalue weighted by Gasteiger charge is -2.32. The average molecular weight is 378 g/mol. The second-order valence-electron chi connectivity index (χ2n) is 7.69. The van der Waals surface area contributed by atoms with Crippen LogP contribution in [0.15, 0.2) is 24.4 Å². The Morgan fingerprint density at radius 1 is 1.12 bits per heavy atom. The standard InChI is InChI=1S/C22H35NO2S/c1-2-3-4-5-6-7-8-9-10-16-20(19-14-13-15-19)22(24)25-23-18-12-11-17-21(23)26/h11-12,17-20H,2-10,13-16H2,1H3. The normalized spacial score (nSPS) is 15.4. The summed E-state index contributed by atoms with van der Waals surface area (Å²) in [5.74, 6) is 0.446. The number of unbranched alkanes of at least 4 members (excludes halogenated alkanes) is 8. The van der Waals surface area contributed by atoms with Gasteiger partial charge < -0.3 is 4.84 Å². The lowest BCUT2D eigenvalue weighted by atomic mass is 9.74. The molecule has 0 aliphatic heterocycles. The highest BCUT2D eigenvalue weighted by atomic mass is 32.1. The van der Waals surface area contributed by atoms with Crippen LogP contribution in [-0.4, -0.2) is 10.7 Å². The fraction of sp³-hybridized carbons (Fsp3) is 0.727. The molecule has 0 N–H and O–H groups in total. The Balaban J connectivity index is 1.69. The highest BCUT2D eigenvalue weighted by molar-refractivity contribution is 7.71. The van der Waals surface area contributed by atoms with Crippen LogP contribution < -0.4 is 4.84 Å². The molecule has 0 spiro atoms. The molecule has 1 aromatic rings. The van der Waals surface area contributed by atoms with E-state index >= 15 is 0 Å². The first-order valence-corrected chi connectivity index (χ1v) is 11.0. The van der Waals surface area contributed by atoms with Crippen LogP contribution in [0.25, 0.3) is 0 Å². The molecule has 1 fully saturated rings. The number of hydrogen-bond donors (Lipinski definition) is 0. The predicted molar refractivity (Wildman–Crippen MR) is 110 cm³/mol. The number of hydrogen-bond acceptors (Lipinski definition) is 3. The second kappa shape index (κ2) is 12.3. The first-order valence-electron chi connectivity index (χ1n) is 10.6. The zero-order valence-corrected chi connectivity index (χ0v) is 17.1. The second-order valence-corrected chi connectivity index (χ2v) is 8.11. The third kappa shape index (κ3) is 7.22. The van der Waals surface area contributed by atoms with E-state index in [1.54, 1.807) is 12.3 Å². The zero-order valence-electron chi connectivity index (χ0n) is 16.3. The SMILES string of the molecule is CCCCCCCCCCCC(C(=O)On1ccccc1=S)C1CCC1. The molecule has 2 rings (SSSR count). The molecule has 1 unspecified atom stereocenters. The summed E-state index contributed by atoms with van der Waals surface area (Å²) >= 11 is 5.22. The fourth-order valence-electron chi connectivity index (χ4n) is 3.72. The van der Waals surface area contributed by atoms with Crippen molar-refractivity contribution in [2.24, 2.45) is 11.8 Å². The van der Waals surface area contributed by atoms with Crippen molar-refractivity contribution < 1.29 is 9.63 Å². The third-order valence-corrected chi connectivity index (χ3v) is 5.93. The van der Waals surface area contributed by atoms with Crippen molar-refractivity contribution >= 4 is 18.2 Å². The van der Waals surface area contributed by atoms with Gasteiger partial charge in [0.25, 0.3) is 0 Å². The predicted octanol–water partition coefficient (Wildman–Crippen LogP) is 6.51. The van der Waals surface area contributed by atoms with Crippen LogP contribution in [0.1, 0.15) is 90.4 Å². The lowest BCUT2D eigenvalue weighted by molar-refractivity contribution is -0.153. The van der Waals surface area contributed by atoms with Gasteiger partial charge in [0.15, 0.2) is 0 Å². The van der Waals surface area contributed by atoms with E-state index in [0.29, 0.717) is 10.6 Å². The highest BCUT2D eigenvalue weighted by Gasteiger charge is 2.33. The zero-order chi connectivity index (χ0) is 18.6.